The number of benzene rings is 1. The van der Waals surface area contributed by atoms with Gasteiger partial charge in [-0.1, -0.05) is 0 Å². The smallest absolute Gasteiger partial charge is 0.221 e. The maximum atomic E-state index is 11.0. The minimum absolute atomic E-state index is 0.0531. The summed E-state index contributed by atoms with van der Waals surface area (Å²) in [6.07, 6.45) is 0.497. The number of nitrogens with two attached hydrogens (primary N) is 1. The Morgan fingerprint density at radius 3 is 2.53 bits per heavy atom. The van der Waals surface area contributed by atoms with Gasteiger partial charge in [-0.25, -0.2) is 0 Å². The Morgan fingerprint density at radius 2 is 2.00 bits per heavy atom. The molecular weight excluding hydrogens is 190 g/mol. The fourth-order valence-corrected chi connectivity index (χ4v) is 1.25. The molecule has 4 nitrogen and oxygen atoms in total. The number of amides is 1. The highest BCUT2D eigenvalue weighted by atomic mass is 16.1. The molecule has 0 atom stereocenters. The molecule has 1 aromatic rings. The van der Waals surface area contributed by atoms with Crippen molar-refractivity contribution < 1.29 is 4.79 Å². The molecule has 0 aromatic heterocycles. The lowest BCUT2D eigenvalue weighted by Gasteiger charge is -2.18. The van der Waals surface area contributed by atoms with E-state index >= 15 is 0 Å². The minimum atomic E-state index is 0.0531. The minimum Gasteiger partial charge on any atom is -0.399 e. The second-order valence-electron chi connectivity index (χ2n) is 3.44. The molecule has 82 valence electrons. The molecule has 1 rings (SSSR count). The Balaban J connectivity index is 2.50. The van der Waals surface area contributed by atoms with E-state index < -0.39 is 0 Å². The molecule has 0 heterocycles. The predicted molar refractivity (Wildman–Crippen MR) is 62.8 cm³/mol. The maximum absolute atomic E-state index is 11.0. The molecule has 0 saturated heterocycles. The lowest BCUT2D eigenvalue weighted by Crippen LogP contribution is -2.26. The van der Waals surface area contributed by atoms with Gasteiger partial charge in [0.15, 0.2) is 0 Å². The molecule has 1 amide bonds. The quantitative estimate of drug-likeness (QED) is 0.719. The van der Waals surface area contributed by atoms with Gasteiger partial charge >= 0.3 is 0 Å². The Kier molecular flexibility index (Phi) is 3.97. The van der Waals surface area contributed by atoms with E-state index in [-0.39, 0.29) is 5.91 Å². The second kappa shape index (κ2) is 5.24. The van der Waals surface area contributed by atoms with Crippen molar-refractivity contribution in [1.29, 1.82) is 0 Å². The van der Waals surface area contributed by atoms with Crippen LogP contribution in [-0.2, 0) is 4.79 Å². The molecule has 3 N–H and O–H groups in total. The SMILES string of the molecule is CNC(=O)CCN(C)c1ccc(N)cc1. The number of anilines is 2. The molecule has 1 aromatic carbocycles. The van der Waals surface area contributed by atoms with Gasteiger partial charge in [-0.05, 0) is 24.3 Å². The number of hydrogen-bond acceptors (Lipinski definition) is 3. The summed E-state index contributed by atoms with van der Waals surface area (Å²) in [7, 11) is 3.60. The summed E-state index contributed by atoms with van der Waals surface area (Å²) in [5.74, 6) is 0.0531. The molecule has 0 aliphatic carbocycles. The maximum Gasteiger partial charge on any atom is 0.221 e. The summed E-state index contributed by atoms with van der Waals surface area (Å²) in [4.78, 5) is 13.1. The first kappa shape index (κ1) is 11.4. The summed E-state index contributed by atoms with van der Waals surface area (Å²) >= 11 is 0. The zero-order valence-corrected chi connectivity index (χ0v) is 9.16. The highest BCUT2D eigenvalue weighted by Crippen LogP contribution is 2.14. The van der Waals surface area contributed by atoms with Gasteiger partial charge in [-0.2, -0.15) is 0 Å². The van der Waals surface area contributed by atoms with E-state index in [2.05, 4.69) is 5.32 Å². The first-order chi connectivity index (χ1) is 7.13. The Hall–Kier alpha value is -1.71. The fourth-order valence-electron chi connectivity index (χ4n) is 1.25. The molecule has 0 aliphatic heterocycles. The van der Waals surface area contributed by atoms with Crippen molar-refractivity contribution in [3.05, 3.63) is 24.3 Å². The molecule has 0 fully saturated rings. The molecule has 0 saturated carbocycles. The highest BCUT2D eigenvalue weighted by molar-refractivity contribution is 5.76. The van der Waals surface area contributed by atoms with E-state index in [4.69, 9.17) is 5.73 Å². The molecule has 0 unspecified atom stereocenters. The van der Waals surface area contributed by atoms with Crippen molar-refractivity contribution in [1.82, 2.24) is 5.32 Å². The van der Waals surface area contributed by atoms with Crippen LogP contribution in [0.3, 0.4) is 0 Å². The number of nitrogen functional groups attached to an aromatic ring is 1. The second-order valence-corrected chi connectivity index (χ2v) is 3.44. The van der Waals surface area contributed by atoms with Crippen molar-refractivity contribution in [2.75, 3.05) is 31.3 Å². The van der Waals surface area contributed by atoms with Crippen LogP contribution in [0.1, 0.15) is 6.42 Å². The van der Waals surface area contributed by atoms with Gasteiger partial charge in [0.25, 0.3) is 0 Å². The summed E-state index contributed by atoms with van der Waals surface area (Å²) in [6.45, 7) is 0.698. The molecule has 0 bridgehead atoms. The van der Waals surface area contributed by atoms with E-state index in [1.807, 2.05) is 36.2 Å². The highest BCUT2D eigenvalue weighted by Gasteiger charge is 2.03. The Bertz CT molecular complexity index is 321. The summed E-state index contributed by atoms with van der Waals surface area (Å²) in [5, 5.41) is 2.60. The van der Waals surface area contributed by atoms with Crippen LogP contribution in [0.4, 0.5) is 11.4 Å². The van der Waals surface area contributed by atoms with Crippen LogP contribution >= 0.6 is 0 Å². The molecule has 0 spiro atoms. The zero-order chi connectivity index (χ0) is 11.3. The van der Waals surface area contributed by atoms with Gasteiger partial charge in [0, 0.05) is 38.4 Å². The van der Waals surface area contributed by atoms with Crippen molar-refractivity contribution in [3.63, 3.8) is 0 Å². The predicted octanol–water partition coefficient (Wildman–Crippen LogP) is 0.841. The lowest BCUT2D eigenvalue weighted by molar-refractivity contribution is -0.120. The number of rotatable bonds is 4. The van der Waals surface area contributed by atoms with Crippen LogP contribution in [0.15, 0.2) is 24.3 Å². The summed E-state index contributed by atoms with van der Waals surface area (Å²) < 4.78 is 0. The van der Waals surface area contributed by atoms with Gasteiger partial charge in [0.1, 0.15) is 0 Å². The molecule has 15 heavy (non-hydrogen) atoms. The summed E-state index contributed by atoms with van der Waals surface area (Å²) in [5.41, 5.74) is 7.40. The van der Waals surface area contributed by atoms with Crippen LogP contribution in [0.25, 0.3) is 0 Å². The van der Waals surface area contributed by atoms with Crippen LogP contribution in [0.5, 0.6) is 0 Å². The third-order valence-electron chi connectivity index (χ3n) is 2.29. The Morgan fingerprint density at radius 1 is 1.40 bits per heavy atom. The van der Waals surface area contributed by atoms with E-state index in [0.717, 1.165) is 11.4 Å². The molecule has 4 heteroatoms. The number of carbonyl (C=O) groups excluding carboxylic acids is 1. The van der Waals surface area contributed by atoms with Crippen LogP contribution in [0, 0.1) is 0 Å². The average Bonchev–Trinajstić information content (AvgIpc) is 2.26. The topological polar surface area (TPSA) is 58.4 Å². The number of hydrogen-bond donors (Lipinski definition) is 2. The normalized spacial score (nSPS) is 9.73. The van der Waals surface area contributed by atoms with Gasteiger partial charge in [0.2, 0.25) is 5.91 Å². The molecular formula is C11H17N3O. The van der Waals surface area contributed by atoms with E-state index in [1.165, 1.54) is 0 Å². The third kappa shape index (κ3) is 3.50. The monoisotopic (exact) mass is 207 g/mol. The van der Waals surface area contributed by atoms with Crippen molar-refractivity contribution >= 4 is 17.3 Å². The summed E-state index contributed by atoms with van der Waals surface area (Å²) in [6, 6.07) is 7.59. The van der Waals surface area contributed by atoms with Crippen LogP contribution < -0.4 is 16.0 Å². The lowest BCUT2D eigenvalue weighted by atomic mass is 10.2. The standard InChI is InChI=1S/C11H17N3O/c1-13-11(15)7-8-14(2)10-5-3-9(12)4-6-10/h3-6H,7-8,12H2,1-2H3,(H,13,15). The van der Waals surface area contributed by atoms with E-state index in [1.54, 1.807) is 7.05 Å². The molecule has 0 aliphatic rings. The van der Waals surface area contributed by atoms with Crippen molar-refractivity contribution in [2.24, 2.45) is 0 Å². The van der Waals surface area contributed by atoms with Crippen LogP contribution in [-0.4, -0.2) is 26.5 Å². The Labute approximate surface area is 90.1 Å². The average molecular weight is 207 g/mol. The zero-order valence-electron chi connectivity index (χ0n) is 9.16. The number of carbonyl (C=O) groups is 1. The van der Waals surface area contributed by atoms with Crippen LogP contribution in [0.2, 0.25) is 0 Å². The van der Waals surface area contributed by atoms with Crippen molar-refractivity contribution in [3.8, 4) is 0 Å². The van der Waals surface area contributed by atoms with Crippen molar-refractivity contribution in [2.45, 2.75) is 6.42 Å². The van der Waals surface area contributed by atoms with Gasteiger partial charge in [-0.3, -0.25) is 4.79 Å². The molecule has 0 radical (unpaired) electrons. The first-order valence-electron chi connectivity index (χ1n) is 4.90. The van der Waals surface area contributed by atoms with Gasteiger partial charge < -0.3 is 16.0 Å². The van der Waals surface area contributed by atoms with E-state index in [9.17, 15) is 4.79 Å². The fraction of sp³-hybridized carbons (Fsp3) is 0.364. The van der Waals surface area contributed by atoms with Gasteiger partial charge in [0.05, 0.1) is 0 Å². The number of nitrogens with one attached hydrogen (secondary N) is 1. The largest absolute Gasteiger partial charge is 0.399 e. The third-order valence-corrected chi connectivity index (χ3v) is 2.29. The first-order valence-corrected chi connectivity index (χ1v) is 4.90. The van der Waals surface area contributed by atoms with Gasteiger partial charge in [-0.15, -0.1) is 0 Å². The number of nitrogens with zero attached hydrogens (tertiary/aromatic N) is 1. The van der Waals surface area contributed by atoms with E-state index in [0.29, 0.717) is 13.0 Å².